The molecule has 1 saturated heterocycles. The second-order valence-corrected chi connectivity index (χ2v) is 6.68. The van der Waals surface area contributed by atoms with E-state index in [1.165, 1.54) is 0 Å². The van der Waals surface area contributed by atoms with Crippen molar-refractivity contribution in [3.05, 3.63) is 48.3 Å². The van der Waals surface area contributed by atoms with Crippen LogP contribution in [0.4, 0.5) is 18.0 Å². The van der Waals surface area contributed by atoms with E-state index in [1.807, 2.05) is 0 Å². The third kappa shape index (κ3) is 3.95. The molecule has 1 aromatic carbocycles. The van der Waals surface area contributed by atoms with Crippen LogP contribution in [0.2, 0.25) is 0 Å². The average molecular weight is 396 g/mol. The topological polar surface area (TPSA) is 87.5 Å². The predicted molar refractivity (Wildman–Crippen MR) is 92.8 cm³/mol. The van der Waals surface area contributed by atoms with Gasteiger partial charge in [-0.25, -0.2) is 9.48 Å². The number of nitrogens with one attached hydrogen (secondary N) is 1. The number of carboxylic acids is 1. The number of hydrogen-bond donors (Lipinski definition) is 2. The van der Waals surface area contributed by atoms with Crippen LogP contribution in [-0.2, 0) is 4.79 Å². The molecular formula is C18H19F3N4O3. The molecule has 1 fully saturated rings. The Bertz CT molecular complexity index is 854. The van der Waals surface area contributed by atoms with Crippen LogP contribution < -0.4 is 5.32 Å². The second-order valence-electron chi connectivity index (χ2n) is 6.68. The Labute approximate surface area is 158 Å². The highest BCUT2D eigenvalue weighted by molar-refractivity contribution is 5.78. The molecule has 3 atom stereocenters. The maximum absolute atomic E-state index is 13.1. The van der Waals surface area contributed by atoms with E-state index >= 15 is 0 Å². The monoisotopic (exact) mass is 396 g/mol. The van der Waals surface area contributed by atoms with Crippen LogP contribution >= 0.6 is 0 Å². The number of benzene rings is 1. The molecule has 0 radical (unpaired) electrons. The number of likely N-dealkylation sites (tertiary alicyclic amines) is 1. The van der Waals surface area contributed by atoms with Crippen LogP contribution in [-0.4, -0.2) is 51.1 Å². The first-order chi connectivity index (χ1) is 13.2. The SMILES string of the molecule is CC(NC(=O)N1C[C@@H](C(F)(F)F)[C@H](C(=O)O)C1)c1ccccc1-n1cccn1. The molecule has 2 heterocycles. The summed E-state index contributed by atoms with van der Waals surface area (Å²) in [6.45, 7) is 0.533. The highest BCUT2D eigenvalue weighted by Gasteiger charge is 2.53. The molecule has 0 saturated carbocycles. The minimum atomic E-state index is -4.68. The minimum absolute atomic E-state index is 0.487. The molecule has 1 aliphatic rings. The first-order valence-electron chi connectivity index (χ1n) is 8.62. The zero-order valence-corrected chi connectivity index (χ0v) is 14.9. The Morgan fingerprint density at radius 3 is 2.54 bits per heavy atom. The number of rotatable bonds is 4. The highest BCUT2D eigenvalue weighted by atomic mass is 19.4. The molecule has 0 bridgehead atoms. The van der Waals surface area contributed by atoms with Crippen molar-refractivity contribution in [2.45, 2.75) is 19.1 Å². The van der Waals surface area contributed by atoms with Crippen LogP contribution in [0.15, 0.2) is 42.7 Å². The highest BCUT2D eigenvalue weighted by Crippen LogP contribution is 2.37. The Balaban J connectivity index is 1.75. The molecule has 2 N–H and O–H groups in total. The van der Waals surface area contributed by atoms with Crippen molar-refractivity contribution in [2.75, 3.05) is 13.1 Å². The van der Waals surface area contributed by atoms with Crippen molar-refractivity contribution in [3.63, 3.8) is 0 Å². The molecule has 1 unspecified atom stereocenters. The summed E-state index contributed by atoms with van der Waals surface area (Å²) < 4.78 is 41.0. The molecule has 0 aliphatic carbocycles. The molecule has 3 rings (SSSR count). The summed E-state index contributed by atoms with van der Waals surface area (Å²) in [5.41, 5.74) is 1.44. The third-order valence-electron chi connectivity index (χ3n) is 4.84. The second kappa shape index (κ2) is 7.53. The number of carbonyl (C=O) groups excluding carboxylic acids is 1. The number of amides is 2. The molecule has 150 valence electrons. The minimum Gasteiger partial charge on any atom is -0.481 e. The number of nitrogens with zero attached hydrogens (tertiary/aromatic N) is 3. The number of alkyl halides is 3. The number of hydrogen-bond acceptors (Lipinski definition) is 3. The van der Waals surface area contributed by atoms with Crippen molar-refractivity contribution in [1.82, 2.24) is 20.0 Å². The van der Waals surface area contributed by atoms with Crippen LogP contribution in [0.25, 0.3) is 5.69 Å². The number of carbonyl (C=O) groups is 2. The van der Waals surface area contributed by atoms with Gasteiger partial charge >= 0.3 is 18.2 Å². The van der Waals surface area contributed by atoms with Gasteiger partial charge in [-0.05, 0) is 24.6 Å². The number of para-hydroxylation sites is 1. The van der Waals surface area contributed by atoms with Crippen molar-refractivity contribution >= 4 is 12.0 Å². The molecule has 1 aliphatic heterocycles. The fraction of sp³-hybridized carbons (Fsp3) is 0.389. The molecule has 10 heteroatoms. The fourth-order valence-electron chi connectivity index (χ4n) is 3.38. The van der Waals surface area contributed by atoms with Crippen molar-refractivity contribution in [2.24, 2.45) is 11.8 Å². The molecule has 28 heavy (non-hydrogen) atoms. The summed E-state index contributed by atoms with van der Waals surface area (Å²) in [6, 6.07) is 7.66. The van der Waals surface area contributed by atoms with Gasteiger partial charge in [0, 0.05) is 25.5 Å². The van der Waals surface area contributed by atoms with E-state index in [1.54, 1.807) is 54.3 Å². The van der Waals surface area contributed by atoms with Crippen LogP contribution in [0.5, 0.6) is 0 Å². The quantitative estimate of drug-likeness (QED) is 0.832. The van der Waals surface area contributed by atoms with Gasteiger partial charge in [0.15, 0.2) is 0 Å². The van der Waals surface area contributed by atoms with E-state index in [-0.39, 0.29) is 0 Å². The van der Waals surface area contributed by atoms with Gasteiger partial charge in [0.1, 0.15) is 0 Å². The van der Waals surface area contributed by atoms with E-state index in [9.17, 15) is 22.8 Å². The summed E-state index contributed by atoms with van der Waals surface area (Å²) in [5.74, 6) is -5.31. The lowest BCUT2D eigenvalue weighted by molar-refractivity contribution is -0.187. The largest absolute Gasteiger partial charge is 0.481 e. The first kappa shape index (κ1) is 19.7. The summed E-state index contributed by atoms with van der Waals surface area (Å²) >= 11 is 0. The van der Waals surface area contributed by atoms with E-state index in [4.69, 9.17) is 5.11 Å². The van der Waals surface area contributed by atoms with E-state index in [0.717, 1.165) is 16.2 Å². The lowest BCUT2D eigenvalue weighted by Crippen LogP contribution is -2.40. The van der Waals surface area contributed by atoms with Gasteiger partial charge in [-0.1, -0.05) is 18.2 Å². The van der Waals surface area contributed by atoms with Gasteiger partial charge in [-0.3, -0.25) is 4.79 Å². The summed E-state index contributed by atoms with van der Waals surface area (Å²) in [6.07, 6.45) is -1.34. The fourth-order valence-corrected chi connectivity index (χ4v) is 3.38. The van der Waals surface area contributed by atoms with E-state index < -0.39 is 49.1 Å². The molecule has 2 aromatic rings. The maximum atomic E-state index is 13.1. The van der Waals surface area contributed by atoms with Crippen LogP contribution in [0.1, 0.15) is 18.5 Å². The number of urea groups is 1. The number of aromatic nitrogens is 2. The lowest BCUT2D eigenvalue weighted by atomic mass is 9.96. The number of aliphatic carboxylic acids is 1. The van der Waals surface area contributed by atoms with E-state index in [0.29, 0.717) is 0 Å². The molecular weight excluding hydrogens is 377 g/mol. The van der Waals surface area contributed by atoms with Gasteiger partial charge < -0.3 is 15.3 Å². The normalized spacial score (nSPS) is 20.8. The zero-order chi connectivity index (χ0) is 20.5. The molecule has 1 aromatic heterocycles. The van der Waals surface area contributed by atoms with Crippen molar-refractivity contribution in [1.29, 1.82) is 0 Å². The van der Waals surface area contributed by atoms with Gasteiger partial charge in [0.2, 0.25) is 0 Å². The van der Waals surface area contributed by atoms with Crippen LogP contribution in [0, 0.1) is 11.8 Å². The standard InChI is InChI=1S/C18H19F3N4O3/c1-11(12-5-2-3-6-15(12)25-8-4-7-22-25)23-17(28)24-9-13(16(26)27)14(10-24)18(19,20)21/h2-8,11,13-14H,9-10H2,1H3,(H,23,28)(H,26,27)/t11?,13-,14-/m1/s1. The summed E-state index contributed by atoms with van der Waals surface area (Å²) in [5, 5.41) is 15.9. The van der Waals surface area contributed by atoms with Gasteiger partial charge in [-0.2, -0.15) is 18.3 Å². The Hall–Kier alpha value is -3.04. The Morgan fingerprint density at radius 1 is 1.25 bits per heavy atom. The molecule has 7 nitrogen and oxygen atoms in total. The average Bonchev–Trinajstić information content (AvgIpc) is 3.31. The number of halogens is 3. The molecule has 2 amide bonds. The van der Waals surface area contributed by atoms with E-state index in [2.05, 4.69) is 10.4 Å². The Kier molecular flexibility index (Phi) is 5.30. The molecule has 0 spiro atoms. The summed E-state index contributed by atoms with van der Waals surface area (Å²) in [4.78, 5) is 24.6. The van der Waals surface area contributed by atoms with Gasteiger partial charge in [0.05, 0.1) is 23.6 Å². The maximum Gasteiger partial charge on any atom is 0.394 e. The summed E-state index contributed by atoms with van der Waals surface area (Å²) in [7, 11) is 0. The van der Waals surface area contributed by atoms with Crippen LogP contribution in [0.3, 0.4) is 0 Å². The van der Waals surface area contributed by atoms with Crippen molar-refractivity contribution in [3.8, 4) is 5.69 Å². The predicted octanol–water partition coefficient (Wildman–Crippen LogP) is 2.84. The lowest BCUT2D eigenvalue weighted by Gasteiger charge is -2.23. The third-order valence-corrected chi connectivity index (χ3v) is 4.84. The van der Waals surface area contributed by atoms with Gasteiger partial charge in [-0.15, -0.1) is 0 Å². The van der Waals surface area contributed by atoms with Crippen molar-refractivity contribution < 1.29 is 27.9 Å². The number of carboxylic acid groups (broad SMARTS) is 1. The first-order valence-corrected chi connectivity index (χ1v) is 8.62. The van der Waals surface area contributed by atoms with Gasteiger partial charge in [0.25, 0.3) is 0 Å². The Morgan fingerprint density at radius 2 is 1.96 bits per heavy atom. The zero-order valence-electron chi connectivity index (χ0n) is 14.9. The smallest absolute Gasteiger partial charge is 0.394 e.